The maximum absolute atomic E-state index is 11.2. The molecule has 1 aliphatic carbocycles. The van der Waals surface area contributed by atoms with E-state index in [2.05, 4.69) is 63.4 Å². The zero-order chi connectivity index (χ0) is 26.0. The van der Waals surface area contributed by atoms with Crippen molar-refractivity contribution < 1.29 is 9.84 Å². The van der Waals surface area contributed by atoms with Crippen LogP contribution in [0.25, 0.3) is 33.2 Å². The van der Waals surface area contributed by atoms with Crippen molar-refractivity contribution in [3.05, 3.63) is 77.1 Å². The van der Waals surface area contributed by atoms with Crippen LogP contribution in [0.5, 0.6) is 0 Å². The third-order valence-corrected chi connectivity index (χ3v) is 8.75. The smallest absolute Gasteiger partial charge is 0.0960 e. The fraction of sp³-hybridized carbons (Fsp3) is 0.387. The van der Waals surface area contributed by atoms with Gasteiger partial charge in [-0.2, -0.15) is 0 Å². The molecule has 2 atom stereocenters. The highest BCUT2D eigenvalue weighted by Gasteiger charge is 2.37. The number of hydrogen-bond donors (Lipinski definition) is 1. The van der Waals surface area contributed by atoms with E-state index in [1.807, 2.05) is 31.8 Å². The average Bonchev–Trinajstić information content (AvgIpc) is 3.55. The van der Waals surface area contributed by atoms with Crippen molar-refractivity contribution in [3.8, 4) is 11.3 Å². The molecule has 7 nitrogen and oxygen atoms in total. The molecule has 2 unspecified atom stereocenters. The summed E-state index contributed by atoms with van der Waals surface area (Å²) < 4.78 is 10.2. The highest BCUT2D eigenvalue weighted by molar-refractivity contribution is 6.08. The van der Waals surface area contributed by atoms with Gasteiger partial charge in [0.1, 0.15) is 0 Å². The number of nitrogens with zero attached hydrogens (tertiary/aromatic N) is 5. The predicted octanol–water partition coefficient (Wildman–Crippen LogP) is 5.46. The van der Waals surface area contributed by atoms with Gasteiger partial charge in [-0.05, 0) is 68.2 Å². The van der Waals surface area contributed by atoms with Crippen molar-refractivity contribution in [1.29, 1.82) is 0 Å². The highest BCUT2D eigenvalue weighted by atomic mass is 16.5. The molecule has 38 heavy (non-hydrogen) atoms. The van der Waals surface area contributed by atoms with Crippen molar-refractivity contribution in [1.82, 2.24) is 24.5 Å². The molecule has 7 rings (SSSR count). The average molecular weight is 508 g/mol. The summed E-state index contributed by atoms with van der Waals surface area (Å²) in [5.74, 6) is 0.423. The van der Waals surface area contributed by atoms with Gasteiger partial charge in [-0.3, -0.25) is 4.98 Å². The molecule has 4 heterocycles. The summed E-state index contributed by atoms with van der Waals surface area (Å²) in [6.07, 6.45) is 5.54. The molecule has 7 heteroatoms. The van der Waals surface area contributed by atoms with Crippen molar-refractivity contribution in [3.63, 3.8) is 0 Å². The van der Waals surface area contributed by atoms with Crippen LogP contribution in [-0.4, -0.2) is 42.9 Å². The Hall–Kier alpha value is -3.55. The third kappa shape index (κ3) is 3.52. The standard InChI is InChI=1S/C31H33N5O2/c1-19-28(35(3)34-33-19)22-17-26-27(32-18-22)24-9-10-25-23(11-14-31(25,2)37)30(24)36(26)29(20-7-5-4-6-8-20)21-12-15-38-16-13-21/h4-10,17-18,21,29,37H,11-16H2,1-3H3. The Bertz CT molecular complexity index is 1640. The van der Waals surface area contributed by atoms with Gasteiger partial charge in [0.25, 0.3) is 0 Å². The van der Waals surface area contributed by atoms with Crippen LogP contribution in [0.2, 0.25) is 0 Å². The highest BCUT2D eigenvalue weighted by Crippen LogP contribution is 2.46. The van der Waals surface area contributed by atoms with Crippen molar-refractivity contribution in [2.45, 2.75) is 51.2 Å². The molecule has 2 aliphatic rings. The number of rotatable bonds is 4. The van der Waals surface area contributed by atoms with Crippen LogP contribution in [0, 0.1) is 12.8 Å². The van der Waals surface area contributed by atoms with E-state index in [0.29, 0.717) is 5.92 Å². The van der Waals surface area contributed by atoms with Crippen LogP contribution in [0.4, 0.5) is 0 Å². The zero-order valence-corrected chi connectivity index (χ0v) is 22.2. The minimum atomic E-state index is -0.818. The lowest BCUT2D eigenvalue weighted by molar-refractivity contribution is 0.0552. The Morgan fingerprint density at radius 3 is 2.63 bits per heavy atom. The van der Waals surface area contributed by atoms with E-state index in [4.69, 9.17) is 9.72 Å². The minimum absolute atomic E-state index is 0.125. The van der Waals surface area contributed by atoms with E-state index in [9.17, 15) is 5.11 Å². The molecule has 0 amide bonds. The summed E-state index contributed by atoms with van der Waals surface area (Å²) in [5, 5.41) is 20.9. The first-order chi connectivity index (χ1) is 18.4. The Labute approximate surface area is 222 Å². The summed E-state index contributed by atoms with van der Waals surface area (Å²) in [5.41, 5.74) is 8.96. The Morgan fingerprint density at radius 2 is 1.89 bits per heavy atom. The number of hydrogen-bond acceptors (Lipinski definition) is 5. The summed E-state index contributed by atoms with van der Waals surface area (Å²) in [4.78, 5) is 5.07. The number of pyridine rings is 1. The quantitative estimate of drug-likeness (QED) is 0.349. The lowest BCUT2D eigenvalue weighted by Gasteiger charge is -2.33. The van der Waals surface area contributed by atoms with Crippen LogP contribution in [0.3, 0.4) is 0 Å². The van der Waals surface area contributed by atoms with Gasteiger partial charge in [-0.25, -0.2) is 4.68 Å². The van der Waals surface area contributed by atoms with E-state index >= 15 is 0 Å². The normalized spacial score (nSPS) is 20.8. The van der Waals surface area contributed by atoms with Gasteiger partial charge in [0.2, 0.25) is 0 Å². The fourth-order valence-corrected chi connectivity index (χ4v) is 6.92. The van der Waals surface area contributed by atoms with Gasteiger partial charge >= 0.3 is 0 Å². The first-order valence-corrected chi connectivity index (χ1v) is 13.6. The SMILES string of the molecule is Cc1nnn(C)c1-c1cnc2c3ccc4c(c3n(C(c3ccccc3)C3CCOCC3)c2c1)CCC4(C)O. The van der Waals surface area contributed by atoms with Gasteiger partial charge in [0.05, 0.1) is 39.6 Å². The summed E-state index contributed by atoms with van der Waals surface area (Å²) in [6.45, 7) is 5.49. The number of aromatic nitrogens is 5. The van der Waals surface area contributed by atoms with Crippen LogP contribution >= 0.6 is 0 Å². The number of ether oxygens (including phenoxy) is 1. The van der Waals surface area contributed by atoms with Gasteiger partial charge in [-0.15, -0.1) is 5.10 Å². The third-order valence-electron chi connectivity index (χ3n) is 8.75. The molecule has 1 aliphatic heterocycles. The monoisotopic (exact) mass is 507 g/mol. The van der Waals surface area contributed by atoms with Crippen LogP contribution in [-0.2, 0) is 23.8 Å². The second-order valence-electron chi connectivity index (χ2n) is 11.2. The van der Waals surface area contributed by atoms with E-state index in [-0.39, 0.29) is 6.04 Å². The first-order valence-electron chi connectivity index (χ1n) is 13.6. The lowest BCUT2D eigenvalue weighted by Crippen LogP contribution is -2.27. The topological polar surface area (TPSA) is 78.0 Å². The van der Waals surface area contributed by atoms with Crippen molar-refractivity contribution in [2.75, 3.05) is 13.2 Å². The molecule has 2 aromatic carbocycles. The van der Waals surface area contributed by atoms with Crippen LogP contribution in [0.15, 0.2) is 54.7 Å². The fourth-order valence-electron chi connectivity index (χ4n) is 6.92. The largest absolute Gasteiger partial charge is 0.385 e. The summed E-state index contributed by atoms with van der Waals surface area (Å²) >= 11 is 0. The Kier molecular flexibility index (Phi) is 5.42. The molecule has 1 N–H and O–H groups in total. The zero-order valence-electron chi connectivity index (χ0n) is 22.2. The van der Waals surface area contributed by atoms with Gasteiger partial charge in [0, 0.05) is 37.4 Å². The second kappa shape index (κ2) is 8.75. The molecule has 0 radical (unpaired) electrons. The molecule has 0 saturated carbocycles. The molecule has 1 fully saturated rings. The van der Waals surface area contributed by atoms with E-state index in [1.165, 1.54) is 16.6 Å². The van der Waals surface area contributed by atoms with E-state index in [0.717, 1.165) is 77.8 Å². The molecular formula is C31H33N5O2. The first kappa shape index (κ1) is 23.6. The summed E-state index contributed by atoms with van der Waals surface area (Å²) in [6, 6.07) is 17.5. The molecular weight excluding hydrogens is 474 g/mol. The molecule has 0 bridgehead atoms. The molecule has 3 aromatic heterocycles. The summed E-state index contributed by atoms with van der Waals surface area (Å²) in [7, 11) is 1.93. The van der Waals surface area contributed by atoms with E-state index < -0.39 is 5.60 Å². The van der Waals surface area contributed by atoms with Crippen molar-refractivity contribution >= 4 is 21.9 Å². The van der Waals surface area contributed by atoms with Gasteiger partial charge < -0.3 is 14.4 Å². The van der Waals surface area contributed by atoms with Crippen molar-refractivity contribution in [2.24, 2.45) is 13.0 Å². The number of aryl methyl sites for hydroxylation is 3. The van der Waals surface area contributed by atoms with E-state index in [1.54, 1.807) is 0 Å². The second-order valence-corrected chi connectivity index (χ2v) is 11.2. The Morgan fingerprint density at radius 1 is 1.11 bits per heavy atom. The maximum Gasteiger partial charge on any atom is 0.0960 e. The van der Waals surface area contributed by atoms with Crippen LogP contribution in [0.1, 0.15) is 54.6 Å². The Balaban J connectivity index is 1.59. The maximum atomic E-state index is 11.2. The minimum Gasteiger partial charge on any atom is -0.385 e. The van der Waals surface area contributed by atoms with Crippen LogP contribution < -0.4 is 0 Å². The van der Waals surface area contributed by atoms with Gasteiger partial charge in [0.15, 0.2) is 0 Å². The molecule has 194 valence electrons. The number of fused-ring (bicyclic) bond motifs is 5. The molecule has 1 saturated heterocycles. The number of aliphatic hydroxyl groups is 1. The predicted molar refractivity (Wildman–Crippen MR) is 148 cm³/mol. The number of benzene rings is 2. The van der Waals surface area contributed by atoms with Gasteiger partial charge in [-0.1, -0.05) is 47.7 Å². The lowest BCUT2D eigenvalue weighted by atomic mass is 9.86. The molecule has 5 aromatic rings. The molecule has 0 spiro atoms.